The molecule has 4 heteroatoms. The number of benzene rings is 1. The summed E-state index contributed by atoms with van der Waals surface area (Å²) < 4.78 is 5.45. The van der Waals surface area contributed by atoms with Crippen LogP contribution in [-0.4, -0.2) is 25.6 Å². The summed E-state index contributed by atoms with van der Waals surface area (Å²) in [7, 11) is 0. The third kappa shape index (κ3) is 5.05. The maximum Gasteiger partial charge on any atom is 0.224 e. The first-order valence-corrected chi connectivity index (χ1v) is 7.93. The average Bonchev–Trinajstić information content (AvgIpc) is 2.49. The van der Waals surface area contributed by atoms with Gasteiger partial charge in [0.15, 0.2) is 0 Å². The van der Waals surface area contributed by atoms with E-state index in [9.17, 15) is 4.79 Å². The molecule has 4 nitrogen and oxygen atoms in total. The van der Waals surface area contributed by atoms with Crippen LogP contribution in [0.5, 0.6) is 5.75 Å². The van der Waals surface area contributed by atoms with Crippen LogP contribution in [0.2, 0.25) is 0 Å². The van der Waals surface area contributed by atoms with Crippen molar-refractivity contribution in [2.75, 3.05) is 25.0 Å². The van der Waals surface area contributed by atoms with Crippen LogP contribution < -0.4 is 15.4 Å². The molecule has 116 valence electrons. The lowest BCUT2D eigenvalue weighted by Gasteiger charge is -2.22. The Morgan fingerprint density at radius 3 is 2.81 bits per heavy atom. The lowest BCUT2D eigenvalue weighted by Crippen LogP contribution is -2.28. The summed E-state index contributed by atoms with van der Waals surface area (Å²) in [5.41, 5.74) is 1.92. The quantitative estimate of drug-likeness (QED) is 0.846. The summed E-state index contributed by atoms with van der Waals surface area (Å²) in [5, 5.41) is 6.36. The van der Waals surface area contributed by atoms with Gasteiger partial charge in [0, 0.05) is 12.1 Å². The summed E-state index contributed by atoms with van der Waals surface area (Å²) in [6.07, 6.45) is 3.98. The fraction of sp³-hybridized carbons (Fsp3) is 0.588. The Labute approximate surface area is 127 Å². The van der Waals surface area contributed by atoms with Crippen molar-refractivity contribution in [3.63, 3.8) is 0 Å². The van der Waals surface area contributed by atoms with E-state index >= 15 is 0 Å². The average molecular weight is 290 g/mol. The van der Waals surface area contributed by atoms with E-state index in [-0.39, 0.29) is 5.91 Å². The van der Waals surface area contributed by atoms with Gasteiger partial charge in [-0.1, -0.05) is 0 Å². The van der Waals surface area contributed by atoms with Crippen molar-refractivity contribution in [3.05, 3.63) is 23.8 Å². The molecule has 1 saturated heterocycles. The van der Waals surface area contributed by atoms with Crippen LogP contribution in [0.15, 0.2) is 18.2 Å². The molecule has 0 spiro atoms. The zero-order chi connectivity index (χ0) is 15.1. The van der Waals surface area contributed by atoms with Crippen molar-refractivity contribution in [3.8, 4) is 5.75 Å². The van der Waals surface area contributed by atoms with Crippen molar-refractivity contribution < 1.29 is 9.53 Å². The molecule has 0 radical (unpaired) electrons. The molecule has 1 heterocycles. The largest absolute Gasteiger partial charge is 0.494 e. The highest BCUT2D eigenvalue weighted by molar-refractivity contribution is 5.91. The number of rotatable bonds is 6. The molecule has 0 aromatic heterocycles. The number of carbonyl (C=O) groups excluding carboxylic acids is 1. The molecule has 0 saturated carbocycles. The highest BCUT2D eigenvalue weighted by Gasteiger charge is 2.14. The number of ether oxygens (including phenoxy) is 1. The van der Waals surface area contributed by atoms with Gasteiger partial charge in [-0.15, -0.1) is 0 Å². The second kappa shape index (κ2) is 8.03. The molecule has 1 aromatic carbocycles. The third-order valence-corrected chi connectivity index (χ3v) is 4.02. The molecule has 2 N–H and O–H groups in total. The van der Waals surface area contributed by atoms with Crippen LogP contribution in [0, 0.1) is 12.8 Å². The van der Waals surface area contributed by atoms with Gasteiger partial charge in [-0.3, -0.25) is 4.79 Å². The predicted octanol–water partition coefficient (Wildman–Crippen LogP) is 3.11. The summed E-state index contributed by atoms with van der Waals surface area (Å²) in [6, 6.07) is 5.79. The van der Waals surface area contributed by atoms with Crippen LogP contribution in [-0.2, 0) is 4.79 Å². The van der Waals surface area contributed by atoms with E-state index < -0.39 is 0 Å². The molecule has 1 aliphatic rings. The lowest BCUT2D eigenvalue weighted by molar-refractivity contribution is -0.116. The van der Waals surface area contributed by atoms with Gasteiger partial charge in [0.1, 0.15) is 5.75 Å². The van der Waals surface area contributed by atoms with Crippen molar-refractivity contribution in [2.24, 2.45) is 5.92 Å². The second-order valence-electron chi connectivity index (χ2n) is 5.69. The molecule has 1 amide bonds. The maximum atomic E-state index is 12.1. The van der Waals surface area contributed by atoms with Crippen LogP contribution in [0.4, 0.5) is 5.69 Å². The van der Waals surface area contributed by atoms with Crippen LogP contribution in [0.1, 0.15) is 38.2 Å². The van der Waals surface area contributed by atoms with Gasteiger partial charge in [0.25, 0.3) is 0 Å². The zero-order valence-corrected chi connectivity index (χ0v) is 13.1. The first-order valence-electron chi connectivity index (χ1n) is 7.93. The highest BCUT2D eigenvalue weighted by atomic mass is 16.5. The van der Waals surface area contributed by atoms with Crippen molar-refractivity contribution in [1.82, 2.24) is 5.32 Å². The number of hydrogen-bond donors (Lipinski definition) is 2. The van der Waals surface area contributed by atoms with Crippen molar-refractivity contribution in [2.45, 2.75) is 39.5 Å². The van der Waals surface area contributed by atoms with E-state index in [1.165, 1.54) is 12.8 Å². The number of carbonyl (C=O) groups is 1. The first kappa shape index (κ1) is 15.8. The van der Waals surface area contributed by atoms with Gasteiger partial charge in [-0.25, -0.2) is 0 Å². The van der Waals surface area contributed by atoms with Gasteiger partial charge in [0.05, 0.1) is 6.61 Å². The topological polar surface area (TPSA) is 50.4 Å². The van der Waals surface area contributed by atoms with Crippen LogP contribution >= 0.6 is 0 Å². The number of piperidine rings is 1. The van der Waals surface area contributed by atoms with E-state index in [2.05, 4.69) is 10.6 Å². The Bertz CT molecular complexity index is 468. The molecule has 0 aliphatic carbocycles. The fourth-order valence-electron chi connectivity index (χ4n) is 2.75. The third-order valence-electron chi connectivity index (χ3n) is 4.02. The van der Waals surface area contributed by atoms with Gasteiger partial charge in [-0.05, 0) is 75.9 Å². The molecule has 0 atom stereocenters. The molecule has 1 fully saturated rings. The van der Waals surface area contributed by atoms with E-state index in [0.717, 1.165) is 36.5 Å². The molecule has 1 aliphatic heterocycles. The fourth-order valence-corrected chi connectivity index (χ4v) is 2.75. The Morgan fingerprint density at radius 1 is 1.38 bits per heavy atom. The van der Waals surface area contributed by atoms with Crippen LogP contribution in [0.25, 0.3) is 0 Å². The number of aryl methyl sites for hydroxylation is 1. The smallest absolute Gasteiger partial charge is 0.224 e. The number of amides is 1. The number of hydrogen-bond acceptors (Lipinski definition) is 3. The van der Waals surface area contributed by atoms with Crippen LogP contribution in [0.3, 0.4) is 0 Å². The Kier molecular flexibility index (Phi) is 6.05. The van der Waals surface area contributed by atoms with Crippen molar-refractivity contribution in [1.29, 1.82) is 0 Å². The zero-order valence-electron chi connectivity index (χ0n) is 13.1. The van der Waals surface area contributed by atoms with Gasteiger partial charge in [-0.2, -0.15) is 0 Å². The van der Waals surface area contributed by atoms with E-state index in [4.69, 9.17) is 4.74 Å². The summed E-state index contributed by atoms with van der Waals surface area (Å²) in [4.78, 5) is 12.1. The Morgan fingerprint density at radius 2 is 2.14 bits per heavy atom. The molecule has 21 heavy (non-hydrogen) atoms. The van der Waals surface area contributed by atoms with Crippen molar-refractivity contribution >= 4 is 11.6 Å². The molecule has 0 unspecified atom stereocenters. The summed E-state index contributed by atoms with van der Waals surface area (Å²) in [6.45, 7) is 6.78. The summed E-state index contributed by atoms with van der Waals surface area (Å²) in [5.74, 6) is 1.65. The Hall–Kier alpha value is -1.55. The molecule has 1 aromatic rings. The number of nitrogens with one attached hydrogen (secondary N) is 2. The monoisotopic (exact) mass is 290 g/mol. The minimum atomic E-state index is 0.112. The minimum absolute atomic E-state index is 0.112. The highest BCUT2D eigenvalue weighted by Crippen LogP contribution is 2.22. The molecule has 2 rings (SSSR count). The predicted molar refractivity (Wildman–Crippen MR) is 85.8 cm³/mol. The van der Waals surface area contributed by atoms with E-state index in [1.54, 1.807) is 0 Å². The SMILES string of the molecule is CCOc1ccc(NC(=O)CCC2CCNCC2)c(C)c1. The van der Waals surface area contributed by atoms with E-state index in [0.29, 0.717) is 18.9 Å². The summed E-state index contributed by atoms with van der Waals surface area (Å²) >= 11 is 0. The molecular weight excluding hydrogens is 264 g/mol. The number of anilines is 1. The lowest BCUT2D eigenvalue weighted by atomic mass is 9.93. The maximum absolute atomic E-state index is 12.1. The van der Waals surface area contributed by atoms with Gasteiger partial charge < -0.3 is 15.4 Å². The van der Waals surface area contributed by atoms with Gasteiger partial charge >= 0.3 is 0 Å². The minimum Gasteiger partial charge on any atom is -0.494 e. The molecule has 0 bridgehead atoms. The standard InChI is InChI=1S/C17H26N2O2/c1-3-21-15-5-6-16(13(2)12-15)19-17(20)7-4-14-8-10-18-11-9-14/h5-6,12,14,18H,3-4,7-11H2,1-2H3,(H,19,20). The first-order chi connectivity index (χ1) is 10.2. The van der Waals surface area contributed by atoms with Gasteiger partial charge in [0.2, 0.25) is 5.91 Å². The molecular formula is C17H26N2O2. The Balaban J connectivity index is 1.81. The van der Waals surface area contributed by atoms with E-state index in [1.807, 2.05) is 32.0 Å². The second-order valence-corrected chi connectivity index (χ2v) is 5.69. The normalized spacial score (nSPS) is 15.7.